The van der Waals surface area contributed by atoms with Gasteiger partial charge >= 0.3 is 0 Å². The molecule has 1 aromatic heterocycles. The van der Waals surface area contributed by atoms with Gasteiger partial charge in [0.1, 0.15) is 11.2 Å². The maximum absolute atomic E-state index is 5.90. The van der Waals surface area contributed by atoms with Gasteiger partial charge in [-0.2, -0.15) is 0 Å². The molecular formula is C21H18O. The summed E-state index contributed by atoms with van der Waals surface area (Å²) in [5.74, 6) is 0. The summed E-state index contributed by atoms with van der Waals surface area (Å²) in [5.41, 5.74) is 7.18. The Morgan fingerprint density at radius 1 is 0.773 bits per heavy atom. The van der Waals surface area contributed by atoms with E-state index in [2.05, 4.69) is 62.4 Å². The van der Waals surface area contributed by atoms with Gasteiger partial charge in [-0.3, -0.25) is 0 Å². The lowest BCUT2D eigenvalue weighted by atomic mass is 9.97. The van der Waals surface area contributed by atoms with Crippen molar-refractivity contribution in [1.82, 2.24) is 0 Å². The molecule has 0 aliphatic heterocycles. The van der Waals surface area contributed by atoms with E-state index in [1.165, 1.54) is 33.0 Å². The molecular weight excluding hydrogens is 268 g/mol. The largest absolute Gasteiger partial charge is 0.456 e. The predicted octanol–water partition coefficient (Wildman–Crippen LogP) is 6.12. The Morgan fingerprint density at radius 3 is 2.32 bits per heavy atom. The predicted molar refractivity (Wildman–Crippen MR) is 93.3 cm³/mol. The quantitative estimate of drug-likeness (QED) is 0.432. The second-order valence-electron chi connectivity index (χ2n) is 5.80. The summed E-state index contributed by atoms with van der Waals surface area (Å²) in [6.07, 6.45) is 1.08. The van der Waals surface area contributed by atoms with Crippen molar-refractivity contribution in [2.45, 2.75) is 20.3 Å². The highest BCUT2D eigenvalue weighted by Crippen LogP contribution is 2.32. The fraction of sp³-hybridized carbons (Fsp3) is 0.143. The summed E-state index contributed by atoms with van der Waals surface area (Å²) in [6, 6.07) is 21.4. The monoisotopic (exact) mass is 286 g/mol. The molecule has 0 atom stereocenters. The van der Waals surface area contributed by atoms with Crippen molar-refractivity contribution in [2.75, 3.05) is 0 Å². The molecule has 0 bridgehead atoms. The number of para-hydroxylation sites is 1. The Hall–Kier alpha value is -2.54. The van der Waals surface area contributed by atoms with Gasteiger partial charge in [-0.15, -0.1) is 0 Å². The van der Waals surface area contributed by atoms with E-state index in [0.29, 0.717) is 0 Å². The molecule has 0 aliphatic carbocycles. The molecule has 1 heterocycles. The van der Waals surface area contributed by atoms with E-state index in [1.807, 2.05) is 12.1 Å². The van der Waals surface area contributed by atoms with Crippen LogP contribution in [0.4, 0.5) is 0 Å². The van der Waals surface area contributed by atoms with Crippen LogP contribution in [0.1, 0.15) is 18.1 Å². The Kier molecular flexibility index (Phi) is 3.00. The highest BCUT2D eigenvalue weighted by atomic mass is 16.3. The summed E-state index contributed by atoms with van der Waals surface area (Å²) in [7, 11) is 0. The number of benzene rings is 3. The molecule has 0 N–H and O–H groups in total. The van der Waals surface area contributed by atoms with Gasteiger partial charge in [0.25, 0.3) is 0 Å². The third-order valence-electron chi connectivity index (χ3n) is 4.43. The normalized spacial score (nSPS) is 11.4. The third kappa shape index (κ3) is 2.01. The minimum absolute atomic E-state index is 0.951. The average molecular weight is 286 g/mol. The molecule has 3 aromatic carbocycles. The minimum Gasteiger partial charge on any atom is -0.456 e. The van der Waals surface area contributed by atoms with Gasteiger partial charge in [0.05, 0.1) is 0 Å². The highest BCUT2D eigenvalue weighted by molar-refractivity contribution is 6.06. The Balaban J connectivity index is 1.92. The van der Waals surface area contributed by atoms with E-state index in [9.17, 15) is 0 Å². The molecule has 1 heteroatoms. The van der Waals surface area contributed by atoms with Gasteiger partial charge in [0, 0.05) is 10.8 Å². The SMILES string of the molecule is CCc1ccc(-c2ccc3oc4ccccc4c3c2)cc1C. The van der Waals surface area contributed by atoms with Gasteiger partial charge in [0.2, 0.25) is 0 Å². The molecule has 4 aromatic rings. The minimum atomic E-state index is 0.951. The highest BCUT2D eigenvalue weighted by Gasteiger charge is 2.08. The molecule has 0 radical (unpaired) electrons. The van der Waals surface area contributed by atoms with Crippen LogP contribution in [0, 0.1) is 6.92 Å². The van der Waals surface area contributed by atoms with Gasteiger partial charge in [0.15, 0.2) is 0 Å². The molecule has 1 nitrogen and oxygen atoms in total. The molecule has 0 spiro atoms. The van der Waals surface area contributed by atoms with E-state index >= 15 is 0 Å². The summed E-state index contributed by atoms with van der Waals surface area (Å²) in [5, 5.41) is 2.37. The molecule has 4 rings (SSSR count). The molecule has 0 unspecified atom stereocenters. The van der Waals surface area contributed by atoms with Crippen LogP contribution in [-0.2, 0) is 6.42 Å². The third-order valence-corrected chi connectivity index (χ3v) is 4.43. The zero-order valence-electron chi connectivity index (χ0n) is 12.9. The molecule has 0 saturated carbocycles. The molecule has 22 heavy (non-hydrogen) atoms. The van der Waals surface area contributed by atoms with Crippen LogP contribution >= 0.6 is 0 Å². The van der Waals surface area contributed by atoms with Crippen molar-refractivity contribution >= 4 is 21.9 Å². The van der Waals surface area contributed by atoms with Gasteiger partial charge in [-0.05, 0) is 53.8 Å². The number of hydrogen-bond acceptors (Lipinski definition) is 1. The van der Waals surface area contributed by atoms with Crippen LogP contribution in [0.5, 0.6) is 0 Å². The Bertz CT molecular complexity index is 976. The number of aryl methyl sites for hydroxylation is 2. The second kappa shape index (κ2) is 5.03. The number of fused-ring (bicyclic) bond motifs is 3. The maximum Gasteiger partial charge on any atom is 0.135 e. The summed E-state index contributed by atoms with van der Waals surface area (Å²) in [4.78, 5) is 0. The van der Waals surface area contributed by atoms with Crippen LogP contribution in [0.2, 0.25) is 0 Å². The van der Waals surface area contributed by atoms with Crippen LogP contribution in [0.3, 0.4) is 0 Å². The topological polar surface area (TPSA) is 13.1 Å². The fourth-order valence-electron chi connectivity index (χ4n) is 3.18. The van der Waals surface area contributed by atoms with Crippen molar-refractivity contribution in [2.24, 2.45) is 0 Å². The first-order valence-electron chi connectivity index (χ1n) is 7.77. The van der Waals surface area contributed by atoms with Crippen molar-refractivity contribution in [3.05, 3.63) is 71.8 Å². The lowest BCUT2D eigenvalue weighted by Crippen LogP contribution is -1.87. The van der Waals surface area contributed by atoms with Gasteiger partial charge in [-0.25, -0.2) is 0 Å². The van der Waals surface area contributed by atoms with Crippen LogP contribution < -0.4 is 0 Å². The van der Waals surface area contributed by atoms with Crippen molar-refractivity contribution in [3.8, 4) is 11.1 Å². The average Bonchev–Trinajstić information content (AvgIpc) is 2.92. The summed E-state index contributed by atoms with van der Waals surface area (Å²) < 4.78 is 5.90. The Labute approximate surface area is 130 Å². The van der Waals surface area contributed by atoms with E-state index in [0.717, 1.165) is 17.6 Å². The summed E-state index contributed by atoms with van der Waals surface area (Å²) >= 11 is 0. The van der Waals surface area contributed by atoms with E-state index in [1.54, 1.807) is 0 Å². The van der Waals surface area contributed by atoms with Crippen LogP contribution in [0.15, 0.2) is 65.1 Å². The lowest BCUT2D eigenvalue weighted by molar-refractivity contribution is 0.669. The molecule has 0 aliphatic rings. The number of rotatable bonds is 2. The molecule has 108 valence electrons. The summed E-state index contributed by atoms with van der Waals surface area (Å²) in [6.45, 7) is 4.39. The number of furan rings is 1. The standard InChI is InChI=1S/C21H18O/c1-3-15-8-9-16(12-14(15)2)17-10-11-21-19(13-17)18-6-4-5-7-20(18)22-21/h4-13H,3H2,1-2H3. The smallest absolute Gasteiger partial charge is 0.135 e. The second-order valence-corrected chi connectivity index (χ2v) is 5.80. The molecule has 0 amide bonds. The molecule has 0 saturated heterocycles. The lowest BCUT2D eigenvalue weighted by Gasteiger charge is -2.07. The fourth-order valence-corrected chi connectivity index (χ4v) is 3.18. The van der Waals surface area contributed by atoms with Gasteiger partial charge in [-0.1, -0.05) is 49.4 Å². The zero-order chi connectivity index (χ0) is 15.1. The van der Waals surface area contributed by atoms with Crippen molar-refractivity contribution in [3.63, 3.8) is 0 Å². The Morgan fingerprint density at radius 2 is 1.50 bits per heavy atom. The van der Waals surface area contributed by atoms with Crippen LogP contribution in [-0.4, -0.2) is 0 Å². The zero-order valence-corrected chi connectivity index (χ0v) is 12.9. The molecule has 0 fully saturated rings. The van der Waals surface area contributed by atoms with Crippen LogP contribution in [0.25, 0.3) is 33.1 Å². The van der Waals surface area contributed by atoms with Crippen molar-refractivity contribution < 1.29 is 4.42 Å². The first-order valence-corrected chi connectivity index (χ1v) is 7.77. The van der Waals surface area contributed by atoms with E-state index < -0.39 is 0 Å². The number of hydrogen-bond donors (Lipinski definition) is 0. The van der Waals surface area contributed by atoms with Gasteiger partial charge < -0.3 is 4.42 Å². The first-order chi connectivity index (χ1) is 10.8. The van der Waals surface area contributed by atoms with Crippen molar-refractivity contribution in [1.29, 1.82) is 0 Å². The first kappa shape index (κ1) is 13.1. The van der Waals surface area contributed by atoms with E-state index in [4.69, 9.17) is 4.42 Å². The van der Waals surface area contributed by atoms with E-state index in [-0.39, 0.29) is 0 Å². The maximum atomic E-state index is 5.90.